The van der Waals surface area contributed by atoms with Crippen molar-refractivity contribution in [2.24, 2.45) is 0 Å². The summed E-state index contributed by atoms with van der Waals surface area (Å²) in [6.45, 7) is 0. The van der Waals surface area contributed by atoms with Crippen LogP contribution in [0.4, 0.5) is 5.69 Å². The highest BCUT2D eigenvalue weighted by Crippen LogP contribution is 2.28. The summed E-state index contributed by atoms with van der Waals surface area (Å²) in [6.07, 6.45) is 4.03. The van der Waals surface area contributed by atoms with Gasteiger partial charge in [-0.15, -0.1) is 0 Å². The van der Waals surface area contributed by atoms with Crippen LogP contribution in [0.1, 0.15) is 11.4 Å². The van der Waals surface area contributed by atoms with Gasteiger partial charge in [-0.25, -0.2) is 0 Å². The predicted octanol–water partition coefficient (Wildman–Crippen LogP) is 2.96. The van der Waals surface area contributed by atoms with Gasteiger partial charge in [0.15, 0.2) is 5.82 Å². The van der Waals surface area contributed by atoms with Gasteiger partial charge in [0.1, 0.15) is 0 Å². The summed E-state index contributed by atoms with van der Waals surface area (Å²) in [4.78, 5) is 8.31. The van der Waals surface area contributed by atoms with Gasteiger partial charge >= 0.3 is 0 Å². The highest BCUT2D eigenvalue weighted by atomic mass is 35.5. The van der Waals surface area contributed by atoms with Gasteiger partial charge in [0.2, 0.25) is 0 Å². The minimum atomic E-state index is 0.367. The van der Waals surface area contributed by atoms with Crippen LogP contribution < -0.4 is 5.73 Å². The van der Waals surface area contributed by atoms with E-state index in [9.17, 15) is 0 Å². The molecule has 0 spiro atoms. The van der Waals surface area contributed by atoms with Crippen LogP contribution in [0.15, 0.2) is 47.2 Å². The van der Waals surface area contributed by atoms with Gasteiger partial charge in [0.25, 0.3) is 5.89 Å². The fraction of sp³-hybridized carbons (Fsp3) is 0.0714. The molecule has 0 fully saturated rings. The Hall–Kier alpha value is -2.40. The van der Waals surface area contributed by atoms with E-state index in [-0.39, 0.29) is 0 Å². The number of hydrogen-bond donors (Lipinski definition) is 1. The van der Waals surface area contributed by atoms with Gasteiger partial charge < -0.3 is 10.3 Å². The second-order valence-corrected chi connectivity index (χ2v) is 4.69. The Balaban J connectivity index is 1.88. The standard InChI is InChI=1S/C14H11ClN4O/c15-12-2-1-10(16)8-11(12)14-18-13(19-20-14)7-9-3-5-17-6-4-9/h1-6,8H,7,16H2. The molecule has 3 aromatic rings. The zero-order chi connectivity index (χ0) is 13.9. The molecule has 2 heterocycles. The van der Waals surface area contributed by atoms with E-state index >= 15 is 0 Å². The van der Waals surface area contributed by atoms with E-state index in [1.807, 2.05) is 12.1 Å². The molecule has 0 amide bonds. The summed E-state index contributed by atoms with van der Waals surface area (Å²) in [5, 5.41) is 4.48. The van der Waals surface area contributed by atoms with E-state index in [1.54, 1.807) is 30.6 Å². The molecule has 0 saturated heterocycles. The molecule has 0 aliphatic carbocycles. The molecule has 0 aliphatic rings. The highest BCUT2D eigenvalue weighted by Gasteiger charge is 2.13. The number of rotatable bonds is 3. The molecule has 6 heteroatoms. The minimum absolute atomic E-state index is 0.367. The fourth-order valence-corrected chi connectivity index (χ4v) is 2.02. The predicted molar refractivity (Wildman–Crippen MR) is 76.2 cm³/mol. The number of nitrogen functional groups attached to an aromatic ring is 1. The first-order chi connectivity index (χ1) is 9.72. The topological polar surface area (TPSA) is 77.8 Å². The molecule has 2 N–H and O–H groups in total. The summed E-state index contributed by atoms with van der Waals surface area (Å²) in [6, 6.07) is 8.96. The molecule has 0 bridgehead atoms. The number of pyridine rings is 1. The number of nitrogens with two attached hydrogens (primary N) is 1. The monoisotopic (exact) mass is 286 g/mol. The van der Waals surface area contributed by atoms with Crippen LogP contribution in [0.5, 0.6) is 0 Å². The molecule has 2 aromatic heterocycles. The third-order valence-corrected chi connectivity index (χ3v) is 3.13. The number of anilines is 1. The third-order valence-electron chi connectivity index (χ3n) is 2.80. The largest absolute Gasteiger partial charge is 0.399 e. The molecular weight excluding hydrogens is 276 g/mol. The maximum atomic E-state index is 6.11. The maximum Gasteiger partial charge on any atom is 0.259 e. The van der Waals surface area contributed by atoms with E-state index in [4.69, 9.17) is 21.9 Å². The summed E-state index contributed by atoms with van der Waals surface area (Å²) in [5.41, 5.74) is 8.04. The first kappa shape index (κ1) is 12.6. The van der Waals surface area contributed by atoms with Crippen LogP contribution in [-0.2, 0) is 6.42 Å². The first-order valence-corrected chi connectivity index (χ1v) is 6.37. The van der Waals surface area contributed by atoms with Crippen molar-refractivity contribution in [3.63, 3.8) is 0 Å². The van der Waals surface area contributed by atoms with E-state index < -0.39 is 0 Å². The second-order valence-electron chi connectivity index (χ2n) is 4.29. The van der Waals surface area contributed by atoms with Crippen LogP contribution in [0.3, 0.4) is 0 Å². The van der Waals surface area contributed by atoms with Crippen LogP contribution in [0.25, 0.3) is 11.5 Å². The molecule has 0 aliphatic heterocycles. The van der Waals surface area contributed by atoms with Crippen molar-refractivity contribution >= 4 is 17.3 Å². The van der Waals surface area contributed by atoms with Gasteiger partial charge in [-0.3, -0.25) is 4.98 Å². The van der Waals surface area contributed by atoms with Crippen molar-refractivity contribution in [2.75, 3.05) is 5.73 Å². The Morgan fingerprint density at radius 1 is 1.15 bits per heavy atom. The molecule has 0 saturated carbocycles. The lowest BCUT2D eigenvalue weighted by molar-refractivity contribution is 0.424. The number of hydrogen-bond acceptors (Lipinski definition) is 5. The normalized spacial score (nSPS) is 10.7. The average molecular weight is 287 g/mol. The Morgan fingerprint density at radius 2 is 1.95 bits per heavy atom. The molecule has 3 rings (SSSR count). The Morgan fingerprint density at radius 3 is 2.75 bits per heavy atom. The Kier molecular flexibility index (Phi) is 3.35. The van der Waals surface area contributed by atoms with Crippen molar-refractivity contribution < 1.29 is 4.52 Å². The van der Waals surface area contributed by atoms with Crippen LogP contribution >= 0.6 is 11.6 Å². The fourth-order valence-electron chi connectivity index (χ4n) is 1.83. The zero-order valence-corrected chi connectivity index (χ0v) is 11.2. The highest BCUT2D eigenvalue weighted by molar-refractivity contribution is 6.33. The quantitative estimate of drug-likeness (QED) is 0.749. The number of aromatic nitrogens is 3. The minimum Gasteiger partial charge on any atom is -0.399 e. The summed E-state index contributed by atoms with van der Waals surface area (Å²) < 4.78 is 5.24. The molecule has 100 valence electrons. The van der Waals surface area contributed by atoms with E-state index in [1.165, 1.54) is 0 Å². The van der Waals surface area contributed by atoms with Crippen molar-refractivity contribution in [2.45, 2.75) is 6.42 Å². The molecule has 0 radical (unpaired) electrons. The molecule has 0 unspecified atom stereocenters. The van der Waals surface area contributed by atoms with Gasteiger partial charge in [0, 0.05) is 24.5 Å². The molecule has 5 nitrogen and oxygen atoms in total. The smallest absolute Gasteiger partial charge is 0.259 e. The first-order valence-electron chi connectivity index (χ1n) is 5.99. The second kappa shape index (κ2) is 5.30. The van der Waals surface area contributed by atoms with Crippen LogP contribution in [0.2, 0.25) is 5.02 Å². The molecule has 0 atom stereocenters. The van der Waals surface area contributed by atoms with Gasteiger partial charge in [-0.2, -0.15) is 4.98 Å². The number of halogens is 1. The SMILES string of the molecule is Nc1ccc(Cl)c(-c2nc(Cc3ccncc3)no2)c1. The lowest BCUT2D eigenvalue weighted by atomic mass is 10.2. The lowest BCUT2D eigenvalue weighted by Crippen LogP contribution is -1.91. The number of benzene rings is 1. The molecule has 1 aromatic carbocycles. The summed E-state index contributed by atoms with van der Waals surface area (Å²) in [7, 11) is 0. The molecule has 20 heavy (non-hydrogen) atoms. The van der Waals surface area contributed by atoms with Gasteiger partial charge in [-0.1, -0.05) is 16.8 Å². The lowest BCUT2D eigenvalue weighted by Gasteiger charge is -1.99. The third kappa shape index (κ3) is 2.62. The van der Waals surface area contributed by atoms with E-state index in [0.717, 1.165) is 5.56 Å². The summed E-state index contributed by atoms with van der Waals surface area (Å²) >= 11 is 6.11. The Bertz CT molecular complexity index is 727. The maximum absolute atomic E-state index is 6.11. The van der Waals surface area contributed by atoms with E-state index in [0.29, 0.717) is 34.4 Å². The van der Waals surface area contributed by atoms with Crippen molar-refractivity contribution in [1.29, 1.82) is 0 Å². The zero-order valence-electron chi connectivity index (χ0n) is 10.5. The van der Waals surface area contributed by atoms with Gasteiger partial charge in [0.05, 0.1) is 10.6 Å². The van der Waals surface area contributed by atoms with E-state index in [2.05, 4.69) is 15.1 Å². The van der Waals surface area contributed by atoms with Gasteiger partial charge in [-0.05, 0) is 35.9 Å². The summed E-state index contributed by atoms with van der Waals surface area (Å²) in [5.74, 6) is 0.955. The van der Waals surface area contributed by atoms with Crippen LogP contribution in [0, 0.1) is 0 Å². The van der Waals surface area contributed by atoms with Crippen molar-refractivity contribution in [1.82, 2.24) is 15.1 Å². The van der Waals surface area contributed by atoms with Crippen LogP contribution in [-0.4, -0.2) is 15.1 Å². The average Bonchev–Trinajstić information content (AvgIpc) is 2.91. The molecular formula is C14H11ClN4O. The Labute approximate surface area is 120 Å². The number of nitrogens with zero attached hydrogens (tertiary/aromatic N) is 3. The van der Waals surface area contributed by atoms with Crippen molar-refractivity contribution in [3.8, 4) is 11.5 Å². The van der Waals surface area contributed by atoms with Crippen molar-refractivity contribution in [3.05, 3.63) is 59.1 Å².